The van der Waals surface area contributed by atoms with Gasteiger partial charge in [0, 0.05) is 6.61 Å². The molecule has 1 aliphatic carbocycles. The maximum atomic E-state index is 8.36. The maximum absolute atomic E-state index is 8.36. The fourth-order valence-electron chi connectivity index (χ4n) is 0.607. The van der Waals surface area contributed by atoms with Crippen LogP contribution in [0.25, 0.3) is 0 Å². The Hall–Kier alpha value is -0.550. The summed E-state index contributed by atoms with van der Waals surface area (Å²) in [7, 11) is 0. The zero-order chi connectivity index (χ0) is 5.28. The Morgan fingerprint density at radius 2 is 2.57 bits per heavy atom. The van der Waals surface area contributed by atoms with Gasteiger partial charge in [0.05, 0.1) is 12.0 Å². The van der Waals surface area contributed by atoms with E-state index in [9.17, 15) is 0 Å². The Bertz CT molecular complexity index is 105. The van der Waals surface area contributed by atoms with Gasteiger partial charge < -0.3 is 5.11 Å². The van der Waals surface area contributed by atoms with Crippen LogP contribution in [-0.2, 0) is 0 Å². The van der Waals surface area contributed by atoms with E-state index >= 15 is 0 Å². The van der Waals surface area contributed by atoms with Crippen LogP contribution in [0.1, 0.15) is 6.42 Å². The molecule has 0 aliphatic heterocycles. The van der Waals surface area contributed by atoms with Gasteiger partial charge in [0.1, 0.15) is 0 Å². The van der Waals surface area contributed by atoms with Gasteiger partial charge >= 0.3 is 0 Å². The molecule has 0 heterocycles. The zero-order valence-electron chi connectivity index (χ0n) is 3.96. The summed E-state index contributed by atoms with van der Waals surface area (Å²) >= 11 is 0. The van der Waals surface area contributed by atoms with Gasteiger partial charge in [-0.3, -0.25) is 0 Å². The summed E-state index contributed by atoms with van der Waals surface area (Å²) in [5.74, 6) is 0.481. The summed E-state index contributed by atoms with van der Waals surface area (Å²) in [6, 6.07) is 2.08. The molecule has 1 saturated carbocycles. The van der Waals surface area contributed by atoms with Crippen molar-refractivity contribution in [3.63, 3.8) is 0 Å². The largest absolute Gasteiger partial charge is 0.396 e. The summed E-state index contributed by atoms with van der Waals surface area (Å²) in [6.07, 6.45) is 0.910. The molecule has 1 N–H and O–H groups in total. The van der Waals surface area contributed by atoms with Crippen molar-refractivity contribution in [2.75, 3.05) is 6.61 Å². The third kappa shape index (κ3) is 0.726. The smallest absolute Gasteiger partial charge is 0.0659 e. The first-order valence-corrected chi connectivity index (χ1v) is 2.39. The minimum atomic E-state index is 0.171. The molecule has 1 aliphatic rings. The third-order valence-electron chi connectivity index (χ3n) is 1.32. The molecular weight excluding hydrogens is 90.1 g/mol. The monoisotopic (exact) mass is 97.1 g/mol. The lowest BCUT2D eigenvalue weighted by molar-refractivity contribution is 0.273. The summed E-state index contributed by atoms with van der Waals surface area (Å²) in [4.78, 5) is 0. The van der Waals surface area contributed by atoms with Crippen molar-refractivity contribution in [2.45, 2.75) is 6.42 Å². The highest BCUT2D eigenvalue weighted by Crippen LogP contribution is 2.36. The molecule has 1 unspecified atom stereocenters. The normalized spacial score (nSPS) is 37.1. The lowest BCUT2D eigenvalue weighted by atomic mass is 10.4. The Morgan fingerprint density at radius 1 is 1.86 bits per heavy atom. The quantitative estimate of drug-likeness (QED) is 0.505. The van der Waals surface area contributed by atoms with Crippen LogP contribution in [0.15, 0.2) is 0 Å². The van der Waals surface area contributed by atoms with Gasteiger partial charge in [-0.05, 0) is 12.3 Å². The third-order valence-corrected chi connectivity index (χ3v) is 1.32. The van der Waals surface area contributed by atoms with Crippen molar-refractivity contribution in [3.8, 4) is 6.07 Å². The average molecular weight is 97.1 g/mol. The van der Waals surface area contributed by atoms with Gasteiger partial charge in [-0.1, -0.05) is 0 Å². The predicted octanol–water partition coefficient (Wildman–Crippen LogP) is 0.138. The summed E-state index contributed by atoms with van der Waals surface area (Å²) in [6.45, 7) is 0.193. The maximum Gasteiger partial charge on any atom is 0.0659 e. The van der Waals surface area contributed by atoms with E-state index in [2.05, 4.69) is 6.07 Å². The van der Waals surface area contributed by atoms with E-state index in [0.29, 0.717) is 5.92 Å². The van der Waals surface area contributed by atoms with Gasteiger partial charge in [0.25, 0.3) is 0 Å². The second-order valence-electron chi connectivity index (χ2n) is 1.91. The molecule has 0 aromatic heterocycles. The molecule has 0 bridgehead atoms. The van der Waals surface area contributed by atoms with Crippen LogP contribution >= 0.6 is 0 Å². The SMILES string of the molecule is N#C[C@H]1CC1CO. The molecule has 7 heavy (non-hydrogen) atoms. The van der Waals surface area contributed by atoms with E-state index in [1.165, 1.54) is 0 Å². The van der Waals surface area contributed by atoms with Gasteiger partial charge in [0.15, 0.2) is 0 Å². The van der Waals surface area contributed by atoms with Crippen molar-refractivity contribution in [2.24, 2.45) is 11.8 Å². The number of nitrogens with zero attached hydrogens (tertiary/aromatic N) is 1. The molecule has 0 aromatic carbocycles. The highest BCUT2D eigenvalue weighted by molar-refractivity contribution is 5.00. The predicted molar refractivity (Wildman–Crippen MR) is 24.3 cm³/mol. The number of hydrogen-bond acceptors (Lipinski definition) is 2. The summed E-state index contributed by atoms with van der Waals surface area (Å²) in [5, 5.41) is 16.5. The van der Waals surface area contributed by atoms with Crippen molar-refractivity contribution < 1.29 is 5.11 Å². The average Bonchev–Trinajstić information content (AvgIpc) is 2.43. The first-order chi connectivity index (χ1) is 3.38. The fraction of sp³-hybridized carbons (Fsp3) is 0.800. The number of aliphatic hydroxyl groups is 1. The van der Waals surface area contributed by atoms with Crippen molar-refractivity contribution >= 4 is 0 Å². The minimum absolute atomic E-state index is 0.171. The Kier molecular flexibility index (Phi) is 0.994. The number of hydrogen-bond donors (Lipinski definition) is 1. The molecule has 2 atom stereocenters. The molecule has 0 radical (unpaired) electrons. The highest BCUT2D eigenvalue weighted by atomic mass is 16.3. The Labute approximate surface area is 42.4 Å². The van der Waals surface area contributed by atoms with Crippen molar-refractivity contribution in [1.29, 1.82) is 5.26 Å². The second-order valence-corrected chi connectivity index (χ2v) is 1.91. The Balaban J connectivity index is 2.21. The molecule has 0 spiro atoms. The standard InChI is InChI=1S/C5H7NO/c6-2-4-1-5(4)3-7/h4-5,7H,1,3H2/t4-,5?/m1/s1. The highest BCUT2D eigenvalue weighted by Gasteiger charge is 2.36. The molecular formula is C5H7NO. The topological polar surface area (TPSA) is 44.0 Å². The molecule has 0 aromatic rings. The molecule has 2 heteroatoms. The van der Waals surface area contributed by atoms with E-state index in [-0.39, 0.29) is 12.5 Å². The van der Waals surface area contributed by atoms with Gasteiger partial charge in [-0.15, -0.1) is 0 Å². The van der Waals surface area contributed by atoms with E-state index in [1.54, 1.807) is 0 Å². The minimum Gasteiger partial charge on any atom is -0.396 e. The zero-order valence-corrected chi connectivity index (χ0v) is 3.96. The van der Waals surface area contributed by atoms with Crippen LogP contribution in [0.3, 0.4) is 0 Å². The molecule has 2 nitrogen and oxygen atoms in total. The number of aliphatic hydroxyl groups excluding tert-OH is 1. The van der Waals surface area contributed by atoms with Crippen LogP contribution < -0.4 is 0 Å². The van der Waals surface area contributed by atoms with Crippen LogP contribution in [0, 0.1) is 23.2 Å². The van der Waals surface area contributed by atoms with Crippen molar-refractivity contribution in [3.05, 3.63) is 0 Å². The molecule has 0 saturated heterocycles. The van der Waals surface area contributed by atoms with Crippen molar-refractivity contribution in [1.82, 2.24) is 0 Å². The van der Waals surface area contributed by atoms with Crippen LogP contribution in [0.2, 0.25) is 0 Å². The van der Waals surface area contributed by atoms with Gasteiger partial charge in [0.2, 0.25) is 0 Å². The number of rotatable bonds is 1. The first-order valence-electron chi connectivity index (χ1n) is 2.39. The van der Waals surface area contributed by atoms with E-state index in [1.807, 2.05) is 0 Å². The summed E-state index contributed by atoms with van der Waals surface area (Å²) in [5.41, 5.74) is 0. The van der Waals surface area contributed by atoms with Gasteiger partial charge in [-0.25, -0.2) is 0 Å². The lowest BCUT2D eigenvalue weighted by Gasteiger charge is -1.77. The van der Waals surface area contributed by atoms with E-state index in [0.717, 1.165) is 6.42 Å². The summed E-state index contributed by atoms with van der Waals surface area (Å²) < 4.78 is 0. The molecule has 1 rings (SSSR count). The van der Waals surface area contributed by atoms with Crippen LogP contribution in [-0.4, -0.2) is 11.7 Å². The van der Waals surface area contributed by atoms with E-state index in [4.69, 9.17) is 10.4 Å². The lowest BCUT2D eigenvalue weighted by Crippen LogP contribution is -1.84. The molecule has 1 fully saturated rings. The first kappa shape index (κ1) is 4.61. The van der Waals surface area contributed by atoms with Gasteiger partial charge in [-0.2, -0.15) is 5.26 Å². The fourth-order valence-corrected chi connectivity index (χ4v) is 0.607. The van der Waals surface area contributed by atoms with Crippen LogP contribution in [0.4, 0.5) is 0 Å². The second kappa shape index (κ2) is 1.51. The Morgan fingerprint density at radius 3 is 2.71 bits per heavy atom. The molecule has 0 amide bonds. The van der Waals surface area contributed by atoms with E-state index < -0.39 is 0 Å². The number of nitriles is 1. The molecule has 38 valence electrons. The van der Waals surface area contributed by atoms with Crippen LogP contribution in [0.5, 0.6) is 0 Å².